The Kier molecular flexibility index (Phi) is 2.77. The van der Waals surface area contributed by atoms with Crippen LogP contribution in [-0.2, 0) is 6.30 Å². The molecule has 0 aliphatic rings. The van der Waals surface area contributed by atoms with Crippen LogP contribution in [0.2, 0.25) is 0 Å². The quantitative estimate of drug-likeness (QED) is 0.565. The lowest BCUT2D eigenvalue weighted by Crippen LogP contribution is -2.13. The second kappa shape index (κ2) is 2.96. The molecule has 1 heterocycles. The molecule has 0 N–H and O–H groups in total. The lowest BCUT2D eigenvalue weighted by Gasteiger charge is -2.05. The van der Waals surface area contributed by atoms with Gasteiger partial charge >= 0.3 is 6.30 Å². The molecule has 1 aromatic heterocycles. The summed E-state index contributed by atoms with van der Waals surface area (Å²) in [5.74, 6) is 0. The molecule has 0 radical (unpaired) electrons. The first-order valence-electron chi connectivity index (χ1n) is 2.31. The maximum Gasteiger partial charge on any atom is 0.488 e. The van der Waals surface area contributed by atoms with Gasteiger partial charge in [0.25, 0.3) is 0 Å². The van der Waals surface area contributed by atoms with Gasteiger partial charge in [-0.15, -0.1) is 25.6 Å². The van der Waals surface area contributed by atoms with E-state index in [1.165, 1.54) is 12.1 Å². The summed E-state index contributed by atoms with van der Waals surface area (Å²) in [7, 11) is 0. The highest BCUT2D eigenvalue weighted by atomic mass is 35.5. The lowest BCUT2D eigenvalue weighted by molar-refractivity contribution is -0.203. The second-order valence-electron chi connectivity index (χ2n) is 1.56. The number of nitrogens with zero attached hydrogens (tertiary/aromatic N) is 1. The maximum atomic E-state index is 11.6. The first-order chi connectivity index (χ1) is 4.11. The number of hydrogen-bond donors (Lipinski definition) is 0. The van der Waals surface area contributed by atoms with Crippen molar-refractivity contribution in [1.82, 2.24) is 4.57 Å². The Morgan fingerprint density at radius 1 is 1.00 bits per heavy atom. The standard InChI is InChI=1S/C5H4F3N.ClH/c6-5(7,8)9-3-1-2-4-9;/h1-4H;1H. The van der Waals surface area contributed by atoms with Gasteiger partial charge in [0, 0.05) is 12.4 Å². The zero-order valence-electron chi connectivity index (χ0n) is 4.80. The summed E-state index contributed by atoms with van der Waals surface area (Å²) >= 11 is 0. The van der Waals surface area contributed by atoms with Gasteiger partial charge in [-0.2, -0.15) is 0 Å². The van der Waals surface area contributed by atoms with Crippen molar-refractivity contribution in [3.05, 3.63) is 24.5 Å². The molecule has 0 aliphatic heterocycles. The van der Waals surface area contributed by atoms with Crippen LogP contribution in [0.25, 0.3) is 0 Å². The van der Waals surface area contributed by atoms with Crippen LogP contribution in [0, 0.1) is 0 Å². The maximum absolute atomic E-state index is 11.6. The van der Waals surface area contributed by atoms with E-state index in [2.05, 4.69) is 0 Å². The summed E-state index contributed by atoms with van der Waals surface area (Å²) in [6.07, 6.45) is -2.34. The molecule has 0 unspecified atom stereocenters. The predicted octanol–water partition coefficient (Wildman–Crippen LogP) is 2.39. The molecule has 1 rings (SSSR count). The molecule has 1 nitrogen and oxygen atoms in total. The van der Waals surface area contributed by atoms with Crippen LogP contribution in [0.4, 0.5) is 13.2 Å². The van der Waals surface area contributed by atoms with Gasteiger partial charge in [-0.05, 0) is 12.1 Å². The average molecular weight is 172 g/mol. The minimum Gasteiger partial charge on any atom is -0.266 e. The molecule has 10 heavy (non-hydrogen) atoms. The van der Waals surface area contributed by atoms with E-state index in [9.17, 15) is 13.2 Å². The fourth-order valence-electron chi connectivity index (χ4n) is 0.504. The van der Waals surface area contributed by atoms with Gasteiger partial charge in [-0.1, -0.05) is 0 Å². The van der Waals surface area contributed by atoms with Crippen LogP contribution >= 0.6 is 12.4 Å². The Hall–Kier alpha value is -0.640. The summed E-state index contributed by atoms with van der Waals surface area (Å²) in [6.45, 7) is 0. The van der Waals surface area contributed by atoms with Gasteiger partial charge in [-0.3, -0.25) is 4.57 Å². The fourth-order valence-corrected chi connectivity index (χ4v) is 0.504. The highest BCUT2D eigenvalue weighted by Crippen LogP contribution is 2.20. The van der Waals surface area contributed by atoms with E-state index in [-0.39, 0.29) is 17.0 Å². The molecule has 58 valence electrons. The summed E-state index contributed by atoms with van der Waals surface area (Å²) < 4.78 is 34.9. The van der Waals surface area contributed by atoms with E-state index in [0.29, 0.717) is 0 Å². The fraction of sp³-hybridized carbons (Fsp3) is 0.200. The Balaban J connectivity index is 0.000000810. The molecule has 0 aliphatic carbocycles. The molecule has 0 spiro atoms. The van der Waals surface area contributed by atoms with E-state index in [4.69, 9.17) is 0 Å². The largest absolute Gasteiger partial charge is 0.488 e. The highest BCUT2D eigenvalue weighted by molar-refractivity contribution is 5.85. The zero-order chi connectivity index (χ0) is 6.91. The SMILES string of the molecule is Cl.FC(F)(F)n1cccc1. The van der Waals surface area contributed by atoms with Crippen molar-refractivity contribution in [1.29, 1.82) is 0 Å². The van der Waals surface area contributed by atoms with Crippen molar-refractivity contribution in [2.75, 3.05) is 0 Å². The number of halogens is 4. The van der Waals surface area contributed by atoms with Gasteiger partial charge in [0.1, 0.15) is 0 Å². The Morgan fingerprint density at radius 2 is 1.40 bits per heavy atom. The highest BCUT2D eigenvalue weighted by Gasteiger charge is 2.28. The predicted molar refractivity (Wildman–Crippen MR) is 33.0 cm³/mol. The van der Waals surface area contributed by atoms with Gasteiger partial charge in [0.2, 0.25) is 0 Å². The number of alkyl halides is 3. The van der Waals surface area contributed by atoms with E-state index < -0.39 is 6.30 Å². The summed E-state index contributed by atoms with van der Waals surface area (Å²) in [5.41, 5.74) is 0. The van der Waals surface area contributed by atoms with Crippen molar-refractivity contribution < 1.29 is 13.2 Å². The number of rotatable bonds is 0. The number of hydrogen-bond acceptors (Lipinski definition) is 0. The summed E-state index contributed by atoms with van der Waals surface area (Å²) in [6, 6.07) is 2.65. The van der Waals surface area contributed by atoms with E-state index in [1.54, 1.807) is 0 Å². The molecule has 0 bridgehead atoms. The molecule has 0 amide bonds. The van der Waals surface area contributed by atoms with Crippen molar-refractivity contribution >= 4 is 12.4 Å². The second-order valence-corrected chi connectivity index (χ2v) is 1.56. The van der Waals surface area contributed by atoms with Crippen molar-refractivity contribution in [2.45, 2.75) is 6.30 Å². The minimum atomic E-state index is -4.26. The normalized spacial score (nSPS) is 10.7. The van der Waals surface area contributed by atoms with Crippen LogP contribution in [0.15, 0.2) is 24.5 Å². The van der Waals surface area contributed by atoms with Crippen LogP contribution < -0.4 is 0 Å². The molecule has 5 heteroatoms. The Labute approximate surface area is 61.9 Å². The van der Waals surface area contributed by atoms with E-state index in [0.717, 1.165) is 12.4 Å². The zero-order valence-corrected chi connectivity index (χ0v) is 5.62. The third-order valence-electron chi connectivity index (χ3n) is 0.897. The lowest BCUT2D eigenvalue weighted by atomic mass is 10.7. The van der Waals surface area contributed by atoms with Crippen LogP contribution in [0.1, 0.15) is 0 Å². The molecule has 0 saturated heterocycles. The molecule has 0 aromatic carbocycles. The molecular formula is C5H5ClF3N. The van der Waals surface area contributed by atoms with Crippen LogP contribution in [0.3, 0.4) is 0 Å². The third kappa shape index (κ3) is 1.95. The van der Waals surface area contributed by atoms with Crippen molar-refractivity contribution in [3.63, 3.8) is 0 Å². The molecule has 0 saturated carbocycles. The van der Waals surface area contributed by atoms with E-state index >= 15 is 0 Å². The Morgan fingerprint density at radius 3 is 1.60 bits per heavy atom. The van der Waals surface area contributed by atoms with Gasteiger partial charge in [0.15, 0.2) is 0 Å². The van der Waals surface area contributed by atoms with E-state index in [1.807, 2.05) is 0 Å². The van der Waals surface area contributed by atoms with Gasteiger partial charge < -0.3 is 0 Å². The van der Waals surface area contributed by atoms with Crippen molar-refractivity contribution in [2.24, 2.45) is 0 Å². The molecule has 0 atom stereocenters. The minimum absolute atomic E-state index is 0. The average Bonchev–Trinajstić information content (AvgIpc) is 2.08. The topological polar surface area (TPSA) is 4.93 Å². The van der Waals surface area contributed by atoms with Gasteiger partial charge in [0.05, 0.1) is 0 Å². The Bertz CT molecular complexity index is 179. The summed E-state index contributed by atoms with van der Waals surface area (Å²) in [4.78, 5) is 0. The molecule has 0 fully saturated rings. The first kappa shape index (κ1) is 9.36. The number of aromatic nitrogens is 1. The van der Waals surface area contributed by atoms with Crippen molar-refractivity contribution in [3.8, 4) is 0 Å². The smallest absolute Gasteiger partial charge is 0.266 e. The van der Waals surface area contributed by atoms with Gasteiger partial charge in [-0.25, -0.2) is 0 Å². The first-order valence-corrected chi connectivity index (χ1v) is 2.31. The van der Waals surface area contributed by atoms with Crippen LogP contribution in [-0.4, -0.2) is 4.57 Å². The third-order valence-corrected chi connectivity index (χ3v) is 0.897. The monoisotopic (exact) mass is 171 g/mol. The molecular weight excluding hydrogens is 167 g/mol. The summed E-state index contributed by atoms with van der Waals surface area (Å²) in [5, 5.41) is 0. The van der Waals surface area contributed by atoms with Crippen LogP contribution in [0.5, 0.6) is 0 Å². The molecule has 1 aromatic rings.